The zero-order valence-corrected chi connectivity index (χ0v) is 40.7. The highest BCUT2D eigenvalue weighted by atomic mass is 15.0. The van der Waals surface area contributed by atoms with Crippen molar-refractivity contribution in [2.24, 2.45) is 0 Å². The smallest absolute Gasteiger partial charge is 0.0541 e. The van der Waals surface area contributed by atoms with Crippen LogP contribution < -0.4 is 0 Å². The molecule has 0 saturated heterocycles. The number of hydrogen-bond acceptors (Lipinski definition) is 2. The van der Waals surface area contributed by atoms with Crippen molar-refractivity contribution in [3.05, 3.63) is 261 Å². The Balaban J connectivity index is 0.932. The maximum Gasteiger partial charge on any atom is 0.0541 e. The summed E-state index contributed by atoms with van der Waals surface area (Å²) in [5, 5.41) is 7.58. The minimum Gasteiger partial charge on any atom is -0.309 e. The first kappa shape index (κ1) is 41.6. The van der Waals surface area contributed by atoms with E-state index in [-0.39, 0.29) is 0 Å². The molecule has 0 fully saturated rings. The Morgan fingerprint density at radius 1 is 0.227 bits per heavy atom. The molecule has 0 unspecified atom stereocenters. The number of benzene rings is 11. The molecule has 0 spiro atoms. The van der Waals surface area contributed by atoms with E-state index in [4.69, 9.17) is 0 Å². The van der Waals surface area contributed by atoms with E-state index in [1.54, 1.807) is 0 Å². The molecule has 3 nitrogen and oxygen atoms in total. The molecule has 0 bridgehead atoms. The predicted molar refractivity (Wildman–Crippen MR) is 313 cm³/mol. The Morgan fingerprint density at radius 3 is 1.01 bits per heavy atom. The van der Waals surface area contributed by atoms with Gasteiger partial charge in [-0.15, -0.1) is 0 Å². The molecule has 11 aromatic carbocycles. The van der Waals surface area contributed by atoms with Gasteiger partial charge in [-0.1, -0.05) is 182 Å². The van der Waals surface area contributed by atoms with Crippen LogP contribution in [-0.2, 0) is 0 Å². The molecule has 0 amide bonds. The summed E-state index contributed by atoms with van der Waals surface area (Å²) in [6, 6.07) is 88.2. The molecule has 2 aliphatic carbocycles. The Kier molecular flexibility index (Phi) is 9.04. The number of rotatable bonds is 7. The zero-order valence-electron chi connectivity index (χ0n) is 40.7. The zero-order chi connectivity index (χ0) is 49.1. The molecule has 3 heteroatoms. The number of fused-ring (bicyclic) bond motifs is 9. The lowest BCUT2D eigenvalue weighted by molar-refractivity contribution is 1.18. The molecule has 0 saturated carbocycles. The molecule has 0 N–H and O–H groups in total. The van der Waals surface area contributed by atoms with Crippen LogP contribution in [0.5, 0.6) is 0 Å². The molecule has 0 radical (unpaired) electrons. The van der Waals surface area contributed by atoms with Gasteiger partial charge in [0.15, 0.2) is 0 Å². The van der Waals surface area contributed by atoms with E-state index in [2.05, 4.69) is 239 Å². The van der Waals surface area contributed by atoms with Gasteiger partial charge in [0.25, 0.3) is 0 Å². The summed E-state index contributed by atoms with van der Waals surface area (Å²) >= 11 is 0. The second kappa shape index (κ2) is 16.3. The van der Waals surface area contributed by atoms with Crippen molar-refractivity contribution in [1.82, 2.24) is 14.5 Å². The van der Waals surface area contributed by atoms with Gasteiger partial charge in [-0.2, -0.15) is 0 Å². The van der Waals surface area contributed by atoms with Crippen molar-refractivity contribution in [2.45, 2.75) is 0 Å². The molecule has 14 aromatic rings. The number of nitrogens with zero attached hydrogens (tertiary/aromatic N) is 3. The molecule has 2 aliphatic rings. The van der Waals surface area contributed by atoms with Gasteiger partial charge in [0.1, 0.15) is 0 Å². The second-order valence-corrected chi connectivity index (χ2v) is 20.1. The van der Waals surface area contributed by atoms with Crippen LogP contribution in [0.4, 0.5) is 0 Å². The van der Waals surface area contributed by atoms with Gasteiger partial charge >= 0.3 is 0 Å². The van der Waals surface area contributed by atoms with E-state index in [1.807, 2.05) is 36.9 Å². The number of hydrogen-bond donors (Lipinski definition) is 0. The van der Waals surface area contributed by atoms with E-state index in [0.29, 0.717) is 0 Å². The monoisotopic (exact) mass is 949 g/mol. The van der Waals surface area contributed by atoms with Crippen LogP contribution >= 0.6 is 0 Å². The highest BCUT2D eigenvalue weighted by molar-refractivity contribution is 6.21. The average Bonchev–Trinajstić information content (AvgIpc) is 4.17. The number of aromatic nitrogens is 3. The summed E-state index contributed by atoms with van der Waals surface area (Å²) in [6.07, 6.45) is 7.50. The van der Waals surface area contributed by atoms with Gasteiger partial charge in [0, 0.05) is 41.2 Å². The fourth-order valence-electron chi connectivity index (χ4n) is 12.6. The van der Waals surface area contributed by atoms with Gasteiger partial charge in [-0.25, -0.2) is 0 Å². The fourth-order valence-corrected chi connectivity index (χ4v) is 12.6. The highest BCUT2D eigenvalue weighted by Crippen LogP contribution is 2.52. The van der Waals surface area contributed by atoms with Crippen LogP contribution in [-0.4, -0.2) is 14.5 Å². The van der Waals surface area contributed by atoms with E-state index >= 15 is 0 Å². The molecule has 16 rings (SSSR count). The van der Waals surface area contributed by atoms with Crippen molar-refractivity contribution in [2.75, 3.05) is 0 Å². The van der Waals surface area contributed by atoms with Crippen LogP contribution in [0.15, 0.2) is 261 Å². The summed E-state index contributed by atoms with van der Waals surface area (Å²) in [6.45, 7) is 0. The minimum atomic E-state index is 1.11. The molecule has 3 aromatic heterocycles. The molecule has 0 aliphatic heterocycles. The largest absolute Gasteiger partial charge is 0.309 e. The van der Waals surface area contributed by atoms with Crippen LogP contribution in [0, 0.1) is 0 Å². The third-order valence-electron chi connectivity index (χ3n) is 16.1. The maximum atomic E-state index is 4.38. The SMILES string of the molecule is c1cncc(-c2ccc(-c3ccc4c(c3)c3cc(-c5ccc(-c6cccnc6)cc5)ccc3n4-c3cc(-c4ccc5c6c(cccc46)-c4ccccc4-5)cc(-c4ccc5c6c(cccc46)-c4ccccc4-5)c3)cc2)c1. The summed E-state index contributed by atoms with van der Waals surface area (Å²) in [4.78, 5) is 8.76. The first-order valence-corrected chi connectivity index (χ1v) is 25.8. The molecular formula is C72H43N3. The third kappa shape index (κ3) is 6.41. The quantitative estimate of drug-likeness (QED) is 0.159. The third-order valence-corrected chi connectivity index (χ3v) is 16.1. The van der Waals surface area contributed by atoms with Gasteiger partial charge in [-0.3, -0.25) is 9.97 Å². The Hall–Kier alpha value is -9.96. The minimum absolute atomic E-state index is 1.11. The van der Waals surface area contributed by atoms with Crippen LogP contribution in [0.25, 0.3) is 160 Å². The number of pyridine rings is 2. The van der Waals surface area contributed by atoms with Gasteiger partial charge in [-0.05, 0) is 187 Å². The van der Waals surface area contributed by atoms with E-state index in [9.17, 15) is 0 Å². The van der Waals surface area contributed by atoms with Crippen molar-refractivity contribution in [3.63, 3.8) is 0 Å². The van der Waals surface area contributed by atoms with Crippen molar-refractivity contribution < 1.29 is 0 Å². The first-order chi connectivity index (χ1) is 37.2. The van der Waals surface area contributed by atoms with Gasteiger partial charge < -0.3 is 4.57 Å². The fraction of sp³-hybridized carbons (Fsp3) is 0. The van der Waals surface area contributed by atoms with Crippen LogP contribution in [0.3, 0.4) is 0 Å². The van der Waals surface area contributed by atoms with E-state index < -0.39 is 0 Å². The van der Waals surface area contributed by atoms with Crippen LogP contribution in [0.1, 0.15) is 0 Å². The molecule has 346 valence electrons. The van der Waals surface area contributed by atoms with Crippen molar-refractivity contribution in [1.29, 1.82) is 0 Å². The summed E-state index contributed by atoms with van der Waals surface area (Å²) in [5.74, 6) is 0. The Bertz CT molecular complexity index is 4310. The van der Waals surface area contributed by atoms with E-state index in [0.717, 1.165) is 39.0 Å². The highest BCUT2D eigenvalue weighted by Gasteiger charge is 2.26. The standard InChI is InChI=1S/C72H43N3/c1-3-13-59-57(11-1)63-17-5-15-61-55(29-31-65(59)71(61)63)52-37-53(56-30-32-66-60-14-4-2-12-58(60)64-18-6-16-62(56)72(64)66)39-54(38-52)75-69-33-27-48(44-19-23-46(24-20-44)50-9-7-35-73-42-50)40-67(69)68-41-49(28-34-70(68)75)45-21-25-47(26-22-45)51-10-8-36-74-43-51/h1-43H. The average molecular weight is 950 g/mol. The van der Waals surface area contributed by atoms with Gasteiger partial charge in [0.05, 0.1) is 11.0 Å². The second-order valence-electron chi connectivity index (χ2n) is 20.1. The Morgan fingerprint density at radius 2 is 0.600 bits per heavy atom. The van der Waals surface area contributed by atoms with Crippen molar-refractivity contribution in [3.8, 4) is 117 Å². The summed E-state index contributed by atoms with van der Waals surface area (Å²) in [7, 11) is 0. The van der Waals surface area contributed by atoms with Crippen LogP contribution in [0.2, 0.25) is 0 Å². The lowest BCUT2D eigenvalue weighted by atomic mass is 9.90. The van der Waals surface area contributed by atoms with Crippen molar-refractivity contribution >= 4 is 43.4 Å². The lowest BCUT2D eigenvalue weighted by Crippen LogP contribution is -1.97. The molecule has 3 heterocycles. The molecular weight excluding hydrogens is 907 g/mol. The topological polar surface area (TPSA) is 30.7 Å². The normalized spacial score (nSPS) is 12.0. The maximum absolute atomic E-state index is 4.38. The Labute approximate surface area is 434 Å². The molecule has 0 atom stereocenters. The summed E-state index contributed by atoms with van der Waals surface area (Å²) in [5.41, 5.74) is 27.8. The summed E-state index contributed by atoms with van der Waals surface area (Å²) < 4.78 is 2.51. The predicted octanol–water partition coefficient (Wildman–Crippen LogP) is 19.2. The lowest BCUT2D eigenvalue weighted by Gasteiger charge is -2.17. The molecule has 75 heavy (non-hydrogen) atoms. The van der Waals surface area contributed by atoms with Gasteiger partial charge in [0.2, 0.25) is 0 Å². The van der Waals surface area contributed by atoms with E-state index in [1.165, 1.54) is 121 Å². The first-order valence-electron chi connectivity index (χ1n) is 25.8.